The molecule has 0 aliphatic rings. The fourth-order valence-electron chi connectivity index (χ4n) is 0.368. The van der Waals surface area contributed by atoms with Gasteiger partial charge in [-0.25, -0.2) is 0 Å². The van der Waals surface area contributed by atoms with Crippen LogP contribution >= 0.6 is 24.0 Å². The van der Waals surface area contributed by atoms with Crippen LogP contribution in [-0.2, 0) is 4.79 Å². The summed E-state index contributed by atoms with van der Waals surface area (Å²) in [5, 5.41) is 8.48. The summed E-state index contributed by atoms with van der Waals surface area (Å²) in [6, 6.07) is 0. The van der Waals surface area contributed by atoms with Gasteiger partial charge in [0.2, 0.25) is 0 Å². The number of carboxylic acid groups (broad SMARTS) is 1. The zero-order valence-corrected chi connectivity index (χ0v) is 7.59. The Morgan fingerprint density at radius 2 is 2.30 bits per heavy atom. The minimum Gasteiger partial charge on any atom is -0.481 e. The molecule has 4 heteroatoms. The lowest BCUT2D eigenvalue weighted by atomic mass is 10.2. The van der Waals surface area contributed by atoms with E-state index in [4.69, 9.17) is 17.3 Å². The van der Waals surface area contributed by atoms with Crippen LogP contribution in [0.2, 0.25) is 0 Å². The first-order chi connectivity index (χ1) is 4.59. The Morgan fingerprint density at radius 3 is 2.60 bits per heavy atom. The SMILES string of the molecule is CCSC(=S)C(C)C(=O)O. The highest BCUT2D eigenvalue weighted by Gasteiger charge is 2.15. The number of carbonyl (C=O) groups is 1. The van der Waals surface area contributed by atoms with Gasteiger partial charge in [0, 0.05) is 0 Å². The van der Waals surface area contributed by atoms with E-state index in [1.54, 1.807) is 6.92 Å². The number of aliphatic carboxylic acids is 1. The van der Waals surface area contributed by atoms with Crippen molar-refractivity contribution in [2.75, 3.05) is 5.75 Å². The van der Waals surface area contributed by atoms with Gasteiger partial charge in [0.05, 0.1) is 10.1 Å². The summed E-state index contributed by atoms with van der Waals surface area (Å²) >= 11 is 6.25. The van der Waals surface area contributed by atoms with Crippen LogP contribution in [0.5, 0.6) is 0 Å². The molecule has 0 aromatic rings. The van der Waals surface area contributed by atoms with Crippen LogP contribution < -0.4 is 0 Å². The second kappa shape index (κ2) is 4.68. The first-order valence-corrected chi connectivity index (χ1v) is 4.38. The molecule has 0 heterocycles. The van der Waals surface area contributed by atoms with E-state index in [1.807, 2.05) is 6.92 Å². The lowest BCUT2D eigenvalue weighted by Crippen LogP contribution is -2.16. The van der Waals surface area contributed by atoms with Gasteiger partial charge in [-0.2, -0.15) is 0 Å². The molecule has 0 aromatic carbocycles. The Bertz CT molecular complexity index is 145. The van der Waals surface area contributed by atoms with Gasteiger partial charge >= 0.3 is 5.97 Å². The summed E-state index contributed by atoms with van der Waals surface area (Å²) in [7, 11) is 0. The topological polar surface area (TPSA) is 37.3 Å². The van der Waals surface area contributed by atoms with E-state index < -0.39 is 11.9 Å². The fraction of sp³-hybridized carbons (Fsp3) is 0.667. The van der Waals surface area contributed by atoms with Crippen LogP contribution in [0.15, 0.2) is 0 Å². The summed E-state index contributed by atoms with van der Waals surface area (Å²) in [5.41, 5.74) is 0. The van der Waals surface area contributed by atoms with Crippen LogP contribution in [0.3, 0.4) is 0 Å². The van der Waals surface area contributed by atoms with Crippen molar-refractivity contribution in [3.8, 4) is 0 Å². The first-order valence-electron chi connectivity index (χ1n) is 2.99. The number of rotatable bonds is 3. The molecule has 0 spiro atoms. The smallest absolute Gasteiger partial charge is 0.312 e. The molecule has 1 unspecified atom stereocenters. The Hall–Kier alpha value is -0.0900. The van der Waals surface area contributed by atoms with E-state index in [0.29, 0.717) is 4.20 Å². The largest absolute Gasteiger partial charge is 0.481 e. The number of hydrogen-bond acceptors (Lipinski definition) is 3. The number of carboxylic acids is 1. The molecular weight excluding hydrogens is 168 g/mol. The Balaban J connectivity index is 3.82. The molecule has 1 atom stereocenters. The zero-order chi connectivity index (χ0) is 8.15. The highest BCUT2D eigenvalue weighted by atomic mass is 32.2. The molecule has 58 valence electrons. The molecule has 0 amide bonds. The maximum Gasteiger partial charge on any atom is 0.312 e. The second-order valence-electron chi connectivity index (χ2n) is 1.81. The van der Waals surface area contributed by atoms with Gasteiger partial charge in [0.15, 0.2) is 0 Å². The van der Waals surface area contributed by atoms with Crippen LogP contribution in [0.25, 0.3) is 0 Å². The molecule has 1 N–H and O–H groups in total. The summed E-state index contributed by atoms with van der Waals surface area (Å²) in [6.45, 7) is 3.55. The predicted molar refractivity (Wildman–Crippen MR) is 47.5 cm³/mol. The van der Waals surface area contributed by atoms with E-state index in [-0.39, 0.29) is 0 Å². The van der Waals surface area contributed by atoms with Crippen LogP contribution in [0.4, 0.5) is 0 Å². The van der Waals surface area contributed by atoms with E-state index in [1.165, 1.54) is 11.8 Å². The molecule has 2 nitrogen and oxygen atoms in total. The molecule has 0 fully saturated rings. The summed E-state index contributed by atoms with van der Waals surface area (Å²) in [6.07, 6.45) is 0. The minimum absolute atomic E-state index is 0.500. The van der Waals surface area contributed by atoms with Crippen LogP contribution in [-0.4, -0.2) is 21.0 Å². The third-order valence-corrected chi connectivity index (χ3v) is 2.64. The molecule has 0 saturated carbocycles. The number of thiocarbonyl (C=S) groups is 1. The number of thioether (sulfide) groups is 1. The third kappa shape index (κ3) is 3.17. The highest BCUT2D eigenvalue weighted by Crippen LogP contribution is 2.12. The summed E-state index contributed by atoms with van der Waals surface area (Å²) in [5.74, 6) is -0.498. The van der Waals surface area contributed by atoms with Gasteiger partial charge in [-0.1, -0.05) is 19.1 Å². The molecule has 0 saturated heterocycles. The molecular formula is C6H10O2S2. The molecule has 0 bridgehead atoms. The molecule has 0 rings (SSSR count). The van der Waals surface area contributed by atoms with Crippen molar-refractivity contribution in [3.05, 3.63) is 0 Å². The molecule has 0 aliphatic carbocycles. The van der Waals surface area contributed by atoms with E-state index in [2.05, 4.69) is 0 Å². The summed E-state index contributed by atoms with van der Waals surface area (Å²) in [4.78, 5) is 10.3. The van der Waals surface area contributed by atoms with Crippen molar-refractivity contribution in [1.29, 1.82) is 0 Å². The zero-order valence-electron chi connectivity index (χ0n) is 5.96. The van der Waals surface area contributed by atoms with Crippen molar-refractivity contribution < 1.29 is 9.90 Å². The van der Waals surface area contributed by atoms with E-state index in [9.17, 15) is 4.79 Å². The molecule has 0 aromatic heterocycles. The Morgan fingerprint density at radius 1 is 1.80 bits per heavy atom. The van der Waals surface area contributed by atoms with Gasteiger partial charge < -0.3 is 5.11 Å². The second-order valence-corrected chi connectivity index (χ2v) is 3.82. The van der Waals surface area contributed by atoms with Crippen LogP contribution in [0, 0.1) is 5.92 Å². The summed E-state index contributed by atoms with van der Waals surface area (Å²) < 4.78 is 0.565. The molecule has 0 radical (unpaired) electrons. The maximum atomic E-state index is 10.3. The normalized spacial score (nSPS) is 12.6. The average Bonchev–Trinajstić information content (AvgIpc) is 1.87. The average molecular weight is 178 g/mol. The van der Waals surface area contributed by atoms with Crippen molar-refractivity contribution in [2.45, 2.75) is 13.8 Å². The quantitative estimate of drug-likeness (QED) is 0.668. The van der Waals surface area contributed by atoms with Crippen LogP contribution in [0.1, 0.15) is 13.8 Å². The maximum absolute atomic E-state index is 10.3. The fourth-order valence-corrected chi connectivity index (χ4v) is 1.46. The van der Waals surface area contributed by atoms with Gasteiger partial charge in [-0.05, 0) is 12.7 Å². The predicted octanol–water partition coefficient (Wildman–Crippen LogP) is 1.79. The standard InChI is InChI=1S/C6H10O2S2/c1-3-10-6(9)4(2)5(7)8/h4H,3H2,1-2H3,(H,7,8). The number of hydrogen-bond donors (Lipinski definition) is 1. The monoisotopic (exact) mass is 178 g/mol. The third-order valence-electron chi connectivity index (χ3n) is 1.01. The van der Waals surface area contributed by atoms with E-state index >= 15 is 0 Å². The van der Waals surface area contributed by atoms with Crippen molar-refractivity contribution >= 4 is 34.1 Å². The van der Waals surface area contributed by atoms with Gasteiger partial charge in [0.25, 0.3) is 0 Å². The van der Waals surface area contributed by atoms with Gasteiger partial charge in [-0.15, -0.1) is 11.8 Å². The highest BCUT2D eigenvalue weighted by molar-refractivity contribution is 8.23. The lowest BCUT2D eigenvalue weighted by Gasteiger charge is -2.04. The van der Waals surface area contributed by atoms with Crippen molar-refractivity contribution in [3.63, 3.8) is 0 Å². The minimum atomic E-state index is -0.842. The molecule has 10 heavy (non-hydrogen) atoms. The molecule has 0 aliphatic heterocycles. The van der Waals surface area contributed by atoms with Crippen molar-refractivity contribution in [2.24, 2.45) is 5.92 Å². The Labute approximate surface area is 70.0 Å². The lowest BCUT2D eigenvalue weighted by molar-refractivity contribution is -0.138. The van der Waals surface area contributed by atoms with Crippen molar-refractivity contribution in [1.82, 2.24) is 0 Å². The van der Waals surface area contributed by atoms with Gasteiger partial charge in [0.1, 0.15) is 0 Å². The van der Waals surface area contributed by atoms with E-state index in [0.717, 1.165) is 5.75 Å². The van der Waals surface area contributed by atoms with Gasteiger partial charge in [-0.3, -0.25) is 4.79 Å². The Kier molecular flexibility index (Phi) is 4.64. The first kappa shape index (κ1) is 9.91.